The first-order valence-electron chi connectivity index (χ1n) is 3.56. The molecule has 0 aliphatic heterocycles. The van der Waals surface area contributed by atoms with E-state index in [0.29, 0.717) is 0 Å². The molecule has 0 aliphatic carbocycles. The van der Waals surface area contributed by atoms with Gasteiger partial charge in [-0.1, -0.05) is 0 Å². The summed E-state index contributed by atoms with van der Waals surface area (Å²) in [5.41, 5.74) is 0. The molecule has 0 saturated heterocycles. The number of hydrogen-bond donors (Lipinski definition) is 0. The molecule has 1 aromatic rings. The van der Waals surface area contributed by atoms with Crippen LogP contribution in [0.2, 0.25) is 0 Å². The van der Waals surface area contributed by atoms with Crippen molar-refractivity contribution in [2.45, 2.75) is 6.42 Å². The van der Waals surface area contributed by atoms with Gasteiger partial charge in [0.15, 0.2) is 5.82 Å². The van der Waals surface area contributed by atoms with Gasteiger partial charge in [-0.2, -0.15) is 4.80 Å². The van der Waals surface area contributed by atoms with Crippen LogP contribution >= 0.6 is 12.4 Å². The Morgan fingerprint density at radius 3 is 2.50 bits per heavy atom. The highest BCUT2D eigenvalue weighted by Gasteiger charge is 1.99. The third-order valence-corrected chi connectivity index (χ3v) is 1.33. The molecule has 1 aromatic heterocycles. The zero-order valence-electron chi connectivity index (χ0n) is 7.56. The summed E-state index contributed by atoms with van der Waals surface area (Å²) < 4.78 is 0. The van der Waals surface area contributed by atoms with E-state index in [1.54, 1.807) is 7.05 Å². The molecule has 0 radical (unpaired) electrons. The zero-order chi connectivity index (χ0) is 8.27. The van der Waals surface area contributed by atoms with Crippen LogP contribution in [0.4, 0.5) is 0 Å². The fourth-order valence-corrected chi connectivity index (χ4v) is 0.747. The maximum Gasteiger partial charge on any atom is 0.176 e. The number of aromatic nitrogens is 4. The molecule has 1 rings (SSSR count). The number of likely N-dealkylation sites (N-methyl/N-ethyl adjacent to an activating group) is 1. The van der Waals surface area contributed by atoms with E-state index in [2.05, 4.69) is 20.3 Å². The van der Waals surface area contributed by atoms with Crippen LogP contribution in [0, 0.1) is 0 Å². The summed E-state index contributed by atoms with van der Waals surface area (Å²) in [6, 6.07) is 0. The normalized spacial score (nSPS) is 10.0. The Kier molecular flexibility index (Phi) is 4.77. The van der Waals surface area contributed by atoms with Crippen LogP contribution in [-0.4, -0.2) is 45.7 Å². The maximum atomic E-state index is 4.05. The van der Waals surface area contributed by atoms with Crippen LogP contribution in [0.15, 0.2) is 0 Å². The van der Waals surface area contributed by atoms with Gasteiger partial charge in [0.1, 0.15) is 0 Å². The summed E-state index contributed by atoms with van der Waals surface area (Å²) >= 11 is 0. The van der Waals surface area contributed by atoms with Gasteiger partial charge in [0, 0.05) is 13.0 Å². The highest BCUT2D eigenvalue weighted by Crippen LogP contribution is 1.87. The van der Waals surface area contributed by atoms with Gasteiger partial charge < -0.3 is 4.90 Å². The van der Waals surface area contributed by atoms with Gasteiger partial charge in [-0.3, -0.25) is 0 Å². The molecular formula is C6H14ClN5. The number of rotatable bonds is 3. The Balaban J connectivity index is 0.00000121. The molecule has 0 amide bonds. The highest BCUT2D eigenvalue weighted by molar-refractivity contribution is 5.85. The maximum absolute atomic E-state index is 4.05. The van der Waals surface area contributed by atoms with E-state index >= 15 is 0 Å². The lowest BCUT2D eigenvalue weighted by Crippen LogP contribution is -2.15. The Labute approximate surface area is 78.2 Å². The molecule has 0 saturated carbocycles. The van der Waals surface area contributed by atoms with Crippen molar-refractivity contribution in [2.75, 3.05) is 20.6 Å². The van der Waals surface area contributed by atoms with Crippen LogP contribution in [0.3, 0.4) is 0 Å². The van der Waals surface area contributed by atoms with E-state index in [1.165, 1.54) is 4.80 Å². The van der Waals surface area contributed by atoms with E-state index in [9.17, 15) is 0 Å². The second-order valence-corrected chi connectivity index (χ2v) is 2.75. The van der Waals surface area contributed by atoms with Crippen LogP contribution in [0.5, 0.6) is 0 Å². The van der Waals surface area contributed by atoms with E-state index in [1.807, 2.05) is 14.1 Å². The van der Waals surface area contributed by atoms with Crippen molar-refractivity contribution in [2.24, 2.45) is 7.05 Å². The van der Waals surface area contributed by atoms with Crippen molar-refractivity contribution < 1.29 is 0 Å². The van der Waals surface area contributed by atoms with E-state index in [-0.39, 0.29) is 12.4 Å². The molecule has 0 unspecified atom stereocenters. The fraction of sp³-hybridized carbons (Fsp3) is 0.833. The molecule has 1 heterocycles. The Bertz CT molecular complexity index is 221. The Morgan fingerprint density at radius 1 is 1.42 bits per heavy atom. The molecule has 12 heavy (non-hydrogen) atoms. The Hall–Kier alpha value is -0.680. The summed E-state index contributed by atoms with van der Waals surface area (Å²) in [6.07, 6.45) is 0.862. The Morgan fingerprint density at radius 2 is 2.08 bits per heavy atom. The predicted octanol–water partition coefficient (Wildman–Crippen LogP) is -0.264. The topological polar surface area (TPSA) is 46.8 Å². The molecule has 70 valence electrons. The first kappa shape index (κ1) is 11.3. The van der Waals surface area contributed by atoms with Crippen LogP contribution < -0.4 is 0 Å². The average molecular weight is 192 g/mol. The van der Waals surface area contributed by atoms with Gasteiger partial charge in [-0.15, -0.1) is 22.6 Å². The number of nitrogens with zero attached hydrogens (tertiary/aromatic N) is 5. The van der Waals surface area contributed by atoms with Gasteiger partial charge in [-0.05, 0) is 19.3 Å². The van der Waals surface area contributed by atoms with Gasteiger partial charge in [0.25, 0.3) is 0 Å². The highest BCUT2D eigenvalue weighted by atomic mass is 35.5. The minimum Gasteiger partial charge on any atom is -0.309 e. The van der Waals surface area contributed by atoms with Gasteiger partial charge in [-0.25, -0.2) is 0 Å². The van der Waals surface area contributed by atoms with Gasteiger partial charge >= 0.3 is 0 Å². The molecule has 5 nitrogen and oxygen atoms in total. The molecule has 0 fully saturated rings. The fourth-order valence-electron chi connectivity index (χ4n) is 0.747. The minimum atomic E-state index is 0. The predicted molar refractivity (Wildman–Crippen MR) is 48.3 cm³/mol. The summed E-state index contributed by atoms with van der Waals surface area (Å²) in [5, 5.41) is 11.6. The lowest BCUT2D eigenvalue weighted by atomic mass is 10.4. The van der Waals surface area contributed by atoms with Crippen LogP contribution in [-0.2, 0) is 13.5 Å². The summed E-state index contributed by atoms with van der Waals surface area (Å²) in [5.74, 6) is 0.807. The smallest absolute Gasteiger partial charge is 0.176 e. The SMILES string of the molecule is CN(C)CCc1nnn(C)n1.Cl. The molecule has 0 bridgehead atoms. The zero-order valence-corrected chi connectivity index (χ0v) is 8.38. The molecule has 0 N–H and O–H groups in total. The molecule has 0 atom stereocenters. The lowest BCUT2D eigenvalue weighted by molar-refractivity contribution is 0.409. The monoisotopic (exact) mass is 191 g/mol. The number of hydrogen-bond acceptors (Lipinski definition) is 4. The summed E-state index contributed by atoms with van der Waals surface area (Å²) in [6.45, 7) is 0.964. The largest absolute Gasteiger partial charge is 0.309 e. The molecule has 0 aromatic carbocycles. The van der Waals surface area contributed by atoms with Crippen molar-refractivity contribution in [3.8, 4) is 0 Å². The first-order chi connectivity index (χ1) is 5.18. The van der Waals surface area contributed by atoms with Gasteiger partial charge in [0.05, 0.1) is 7.05 Å². The van der Waals surface area contributed by atoms with Crippen LogP contribution in [0.1, 0.15) is 5.82 Å². The summed E-state index contributed by atoms with van der Waals surface area (Å²) in [7, 11) is 5.82. The van der Waals surface area contributed by atoms with Gasteiger partial charge in [0.2, 0.25) is 0 Å². The van der Waals surface area contributed by atoms with Crippen molar-refractivity contribution >= 4 is 12.4 Å². The third kappa shape index (κ3) is 3.64. The lowest BCUT2D eigenvalue weighted by Gasteiger charge is -2.05. The third-order valence-electron chi connectivity index (χ3n) is 1.33. The minimum absolute atomic E-state index is 0. The second-order valence-electron chi connectivity index (χ2n) is 2.75. The van der Waals surface area contributed by atoms with Crippen molar-refractivity contribution in [3.63, 3.8) is 0 Å². The first-order valence-corrected chi connectivity index (χ1v) is 3.56. The molecule has 6 heteroatoms. The molecule has 0 spiro atoms. The van der Waals surface area contributed by atoms with E-state index < -0.39 is 0 Å². The molecule has 0 aliphatic rings. The average Bonchev–Trinajstić information content (AvgIpc) is 2.31. The van der Waals surface area contributed by atoms with Crippen molar-refractivity contribution in [1.29, 1.82) is 0 Å². The van der Waals surface area contributed by atoms with Crippen molar-refractivity contribution in [1.82, 2.24) is 25.1 Å². The quantitative estimate of drug-likeness (QED) is 0.661. The second kappa shape index (κ2) is 5.05. The number of aryl methyl sites for hydroxylation is 1. The van der Waals surface area contributed by atoms with E-state index in [0.717, 1.165) is 18.8 Å². The summed E-state index contributed by atoms with van der Waals surface area (Å²) in [4.78, 5) is 3.57. The van der Waals surface area contributed by atoms with Crippen molar-refractivity contribution in [3.05, 3.63) is 5.82 Å². The van der Waals surface area contributed by atoms with E-state index in [4.69, 9.17) is 0 Å². The van der Waals surface area contributed by atoms with Crippen LogP contribution in [0.25, 0.3) is 0 Å². The standard InChI is InChI=1S/C6H13N5.ClH/c1-10(2)5-4-6-7-9-11(3)8-6;/h4-5H2,1-3H3;1H. The number of tetrazole rings is 1. The number of halogens is 1. The molecular weight excluding hydrogens is 178 g/mol.